The van der Waals surface area contributed by atoms with E-state index in [2.05, 4.69) is 23.2 Å². The second-order valence-corrected chi connectivity index (χ2v) is 6.12. The van der Waals surface area contributed by atoms with Gasteiger partial charge in [-0.3, -0.25) is 4.90 Å². The van der Waals surface area contributed by atoms with Gasteiger partial charge in [0.25, 0.3) is 0 Å². The molecule has 0 aromatic heterocycles. The fourth-order valence-electron chi connectivity index (χ4n) is 3.08. The lowest BCUT2D eigenvalue weighted by molar-refractivity contribution is 0.160. The van der Waals surface area contributed by atoms with Gasteiger partial charge in [-0.1, -0.05) is 37.8 Å². The largest absolute Gasteiger partial charge is 0.496 e. The van der Waals surface area contributed by atoms with Crippen molar-refractivity contribution in [3.8, 4) is 5.75 Å². The van der Waals surface area contributed by atoms with E-state index in [1.807, 2.05) is 12.1 Å². The normalized spacial score (nSPS) is 17.7. The number of unbranched alkanes of at least 4 members (excludes halogenated alkanes) is 2. The molecule has 118 valence electrons. The highest BCUT2D eigenvalue weighted by molar-refractivity contribution is 6.30. The molecule has 0 saturated carbocycles. The summed E-state index contributed by atoms with van der Waals surface area (Å²) in [4.78, 5) is 2.57. The molecule has 4 heteroatoms. The molecule has 0 aliphatic carbocycles. The molecule has 1 aliphatic heterocycles. The summed E-state index contributed by atoms with van der Waals surface area (Å²) in [5, 5.41) is 4.22. The maximum atomic E-state index is 6.23. The highest BCUT2D eigenvalue weighted by atomic mass is 35.5. The highest BCUT2D eigenvalue weighted by Crippen LogP contribution is 2.35. The van der Waals surface area contributed by atoms with E-state index in [4.69, 9.17) is 16.3 Å². The van der Waals surface area contributed by atoms with Gasteiger partial charge in [0.15, 0.2) is 0 Å². The summed E-state index contributed by atoms with van der Waals surface area (Å²) < 4.78 is 5.58. The minimum atomic E-state index is 0.410. The van der Waals surface area contributed by atoms with Gasteiger partial charge in [-0.25, -0.2) is 0 Å². The van der Waals surface area contributed by atoms with E-state index in [0.29, 0.717) is 6.04 Å². The van der Waals surface area contributed by atoms with Gasteiger partial charge in [-0.15, -0.1) is 0 Å². The standard InChI is InChI=1S/C17H27ClN2O/c1-3-4-5-6-16(20-11-9-19-10-12-20)15-13-14(18)7-8-17(15)21-2/h7-8,13,16,19H,3-6,9-12H2,1-2H3/t16-/m0/s1. The lowest BCUT2D eigenvalue weighted by Crippen LogP contribution is -2.45. The monoisotopic (exact) mass is 310 g/mol. The average molecular weight is 311 g/mol. The van der Waals surface area contributed by atoms with Crippen molar-refractivity contribution >= 4 is 11.6 Å². The average Bonchev–Trinajstić information content (AvgIpc) is 2.52. The van der Waals surface area contributed by atoms with Crippen LogP contribution in [0.4, 0.5) is 0 Å². The second-order valence-electron chi connectivity index (χ2n) is 5.68. The molecule has 0 spiro atoms. The van der Waals surface area contributed by atoms with Gasteiger partial charge in [-0.2, -0.15) is 0 Å². The number of halogens is 1. The number of benzene rings is 1. The molecule has 0 bridgehead atoms. The Morgan fingerprint density at radius 3 is 2.71 bits per heavy atom. The molecule has 1 atom stereocenters. The third-order valence-corrected chi connectivity index (χ3v) is 4.46. The van der Waals surface area contributed by atoms with Crippen LogP contribution in [0.5, 0.6) is 5.75 Å². The third kappa shape index (κ3) is 4.60. The molecule has 1 fully saturated rings. The van der Waals surface area contributed by atoms with Crippen LogP contribution in [0.25, 0.3) is 0 Å². The Hall–Kier alpha value is -0.770. The topological polar surface area (TPSA) is 24.5 Å². The molecule has 0 radical (unpaired) electrons. The Labute approximate surface area is 133 Å². The smallest absolute Gasteiger partial charge is 0.123 e. The van der Waals surface area contributed by atoms with Gasteiger partial charge in [-0.05, 0) is 24.6 Å². The van der Waals surface area contributed by atoms with Crippen molar-refractivity contribution in [2.24, 2.45) is 0 Å². The second kappa shape index (κ2) is 8.62. The zero-order chi connectivity index (χ0) is 15.1. The summed E-state index contributed by atoms with van der Waals surface area (Å²) in [6.07, 6.45) is 4.96. The number of nitrogens with one attached hydrogen (secondary N) is 1. The van der Waals surface area contributed by atoms with E-state index < -0.39 is 0 Å². The molecular formula is C17H27ClN2O. The van der Waals surface area contributed by atoms with Crippen LogP contribution in [-0.4, -0.2) is 38.2 Å². The predicted molar refractivity (Wildman–Crippen MR) is 89.3 cm³/mol. The van der Waals surface area contributed by atoms with E-state index in [1.165, 1.54) is 31.2 Å². The van der Waals surface area contributed by atoms with Crippen molar-refractivity contribution in [1.82, 2.24) is 10.2 Å². The number of rotatable bonds is 7. The molecule has 1 saturated heterocycles. The zero-order valence-electron chi connectivity index (χ0n) is 13.2. The van der Waals surface area contributed by atoms with Gasteiger partial charge in [0.1, 0.15) is 5.75 Å². The first-order valence-electron chi connectivity index (χ1n) is 8.04. The van der Waals surface area contributed by atoms with E-state index in [9.17, 15) is 0 Å². The molecule has 0 amide bonds. The van der Waals surface area contributed by atoms with E-state index in [0.717, 1.165) is 37.0 Å². The van der Waals surface area contributed by atoms with E-state index in [1.54, 1.807) is 7.11 Å². The Morgan fingerprint density at radius 1 is 1.29 bits per heavy atom. The van der Waals surface area contributed by atoms with Crippen LogP contribution < -0.4 is 10.1 Å². The molecule has 1 aromatic carbocycles. The fourth-order valence-corrected chi connectivity index (χ4v) is 3.26. The third-order valence-electron chi connectivity index (χ3n) is 4.22. The Bertz CT molecular complexity index is 433. The van der Waals surface area contributed by atoms with Crippen molar-refractivity contribution in [3.63, 3.8) is 0 Å². The molecule has 1 aromatic rings. The van der Waals surface area contributed by atoms with Gasteiger partial charge < -0.3 is 10.1 Å². The minimum Gasteiger partial charge on any atom is -0.496 e. The first-order valence-corrected chi connectivity index (χ1v) is 8.42. The first kappa shape index (κ1) is 16.6. The number of piperazine rings is 1. The van der Waals surface area contributed by atoms with Crippen molar-refractivity contribution < 1.29 is 4.74 Å². The van der Waals surface area contributed by atoms with Gasteiger partial charge in [0.05, 0.1) is 7.11 Å². The maximum Gasteiger partial charge on any atom is 0.123 e. The highest BCUT2D eigenvalue weighted by Gasteiger charge is 2.24. The van der Waals surface area contributed by atoms with E-state index >= 15 is 0 Å². The molecule has 21 heavy (non-hydrogen) atoms. The van der Waals surface area contributed by atoms with Gasteiger partial charge in [0.2, 0.25) is 0 Å². The van der Waals surface area contributed by atoms with Gasteiger partial charge >= 0.3 is 0 Å². The summed E-state index contributed by atoms with van der Waals surface area (Å²) in [5.74, 6) is 0.958. The SMILES string of the molecule is CCCCC[C@@H](c1cc(Cl)ccc1OC)N1CCNCC1. The van der Waals surface area contributed by atoms with E-state index in [-0.39, 0.29) is 0 Å². The van der Waals surface area contributed by atoms with Crippen molar-refractivity contribution in [2.45, 2.75) is 38.6 Å². The summed E-state index contributed by atoms with van der Waals surface area (Å²) >= 11 is 6.23. The summed E-state index contributed by atoms with van der Waals surface area (Å²) in [7, 11) is 1.74. The van der Waals surface area contributed by atoms with Crippen LogP contribution in [0.3, 0.4) is 0 Å². The number of methoxy groups -OCH3 is 1. The van der Waals surface area contributed by atoms with Crippen LogP contribution in [0.2, 0.25) is 5.02 Å². The molecule has 1 N–H and O–H groups in total. The lowest BCUT2D eigenvalue weighted by Gasteiger charge is -2.36. The Morgan fingerprint density at radius 2 is 2.05 bits per heavy atom. The van der Waals surface area contributed by atoms with Crippen LogP contribution >= 0.6 is 11.6 Å². The predicted octanol–water partition coefficient (Wildman–Crippen LogP) is 3.88. The zero-order valence-corrected chi connectivity index (χ0v) is 14.0. The lowest BCUT2D eigenvalue weighted by atomic mass is 9.97. The number of ether oxygens (including phenoxy) is 1. The molecule has 2 rings (SSSR count). The quantitative estimate of drug-likeness (QED) is 0.774. The Kier molecular flexibility index (Phi) is 6.81. The maximum absolute atomic E-state index is 6.23. The molecule has 1 heterocycles. The molecule has 1 aliphatic rings. The first-order chi connectivity index (χ1) is 10.3. The van der Waals surface area contributed by atoms with Crippen LogP contribution in [0, 0.1) is 0 Å². The van der Waals surface area contributed by atoms with Crippen molar-refractivity contribution in [2.75, 3.05) is 33.3 Å². The molecule has 0 unspecified atom stereocenters. The van der Waals surface area contributed by atoms with Crippen LogP contribution in [-0.2, 0) is 0 Å². The van der Waals surface area contributed by atoms with Crippen molar-refractivity contribution in [1.29, 1.82) is 0 Å². The summed E-state index contributed by atoms with van der Waals surface area (Å²) in [6.45, 7) is 6.55. The van der Waals surface area contributed by atoms with Gasteiger partial charge in [0, 0.05) is 42.8 Å². The number of hydrogen-bond acceptors (Lipinski definition) is 3. The minimum absolute atomic E-state index is 0.410. The van der Waals surface area contributed by atoms with Crippen LogP contribution in [0.1, 0.15) is 44.2 Å². The summed E-state index contributed by atoms with van der Waals surface area (Å²) in [6, 6.07) is 6.39. The van der Waals surface area contributed by atoms with Crippen molar-refractivity contribution in [3.05, 3.63) is 28.8 Å². The molecule has 3 nitrogen and oxygen atoms in total. The number of hydrogen-bond donors (Lipinski definition) is 1. The Balaban J connectivity index is 2.22. The fraction of sp³-hybridized carbons (Fsp3) is 0.647. The number of nitrogens with zero attached hydrogens (tertiary/aromatic N) is 1. The molecular weight excluding hydrogens is 284 g/mol. The summed E-state index contributed by atoms with van der Waals surface area (Å²) in [5.41, 5.74) is 1.24. The van der Waals surface area contributed by atoms with Crippen LogP contribution in [0.15, 0.2) is 18.2 Å².